The Morgan fingerprint density at radius 3 is 3.00 bits per heavy atom. The van der Waals surface area contributed by atoms with Crippen LogP contribution < -0.4 is 5.32 Å². The van der Waals surface area contributed by atoms with Crippen molar-refractivity contribution in [2.75, 3.05) is 18.5 Å². The highest BCUT2D eigenvalue weighted by Crippen LogP contribution is 2.26. The van der Waals surface area contributed by atoms with E-state index >= 15 is 0 Å². The van der Waals surface area contributed by atoms with Gasteiger partial charge in [-0.3, -0.25) is 10.1 Å². The molecule has 1 N–H and O–H groups in total. The maximum atomic E-state index is 11.0. The van der Waals surface area contributed by atoms with Gasteiger partial charge in [0, 0.05) is 22.8 Å². The Labute approximate surface area is 119 Å². The van der Waals surface area contributed by atoms with Crippen LogP contribution in [0.4, 0.5) is 11.4 Å². The molecule has 18 heavy (non-hydrogen) atoms. The summed E-state index contributed by atoms with van der Waals surface area (Å²) in [6.45, 7) is 1.42. The number of hydrogen-bond donors (Lipinski definition) is 1. The molecule has 1 saturated heterocycles. The van der Waals surface area contributed by atoms with Gasteiger partial charge in [-0.1, -0.05) is 0 Å². The SMILES string of the molecule is O=[N+]([O-])c1cc(I)ccc1NCC1CCCCO1. The number of benzene rings is 1. The Morgan fingerprint density at radius 2 is 2.33 bits per heavy atom. The van der Waals surface area contributed by atoms with E-state index in [-0.39, 0.29) is 16.7 Å². The number of nitrogens with zero attached hydrogens (tertiary/aromatic N) is 1. The van der Waals surface area contributed by atoms with Gasteiger partial charge in [-0.2, -0.15) is 0 Å². The first-order chi connectivity index (χ1) is 8.66. The van der Waals surface area contributed by atoms with Gasteiger partial charge in [0.15, 0.2) is 0 Å². The lowest BCUT2D eigenvalue weighted by Gasteiger charge is -2.23. The highest BCUT2D eigenvalue weighted by Gasteiger charge is 2.17. The second kappa shape index (κ2) is 6.33. The second-order valence-electron chi connectivity index (χ2n) is 4.29. The van der Waals surface area contributed by atoms with Crippen molar-refractivity contribution in [2.24, 2.45) is 0 Å². The van der Waals surface area contributed by atoms with Crippen LogP contribution in [0.15, 0.2) is 18.2 Å². The highest BCUT2D eigenvalue weighted by atomic mass is 127. The monoisotopic (exact) mass is 362 g/mol. The number of anilines is 1. The van der Waals surface area contributed by atoms with Gasteiger partial charge >= 0.3 is 0 Å². The fraction of sp³-hybridized carbons (Fsp3) is 0.500. The van der Waals surface area contributed by atoms with Crippen LogP contribution in [0.5, 0.6) is 0 Å². The minimum atomic E-state index is -0.355. The van der Waals surface area contributed by atoms with Crippen LogP contribution in [0, 0.1) is 13.7 Å². The van der Waals surface area contributed by atoms with Crippen molar-refractivity contribution in [3.63, 3.8) is 0 Å². The molecule has 0 amide bonds. The number of halogens is 1. The van der Waals surface area contributed by atoms with Crippen molar-refractivity contribution in [3.05, 3.63) is 31.9 Å². The Morgan fingerprint density at radius 1 is 1.50 bits per heavy atom. The van der Waals surface area contributed by atoms with Crippen molar-refractivity contribution in [2.45, 2.75) is 25.4 Å². The molecule has 0 bridgehead atoms. The summed E-state index contributed by atoms with van der Waals surface area (Å²) in [5.74, 6) is 0. The van der Waals surface area contributed by atoms with Gasteiger partial charge in [0.2, 0.25) is 0 Å². The van der Waals surface area contributed by atoms with E-state index in [2.05, 4.69) is 27.9 Å². The summed E-state index contributed by atoms with van der Waals surface area (Å²) in [5.41, 5.74) is 0.687. The standard InChI is InChI=1S/C12H15IN2O3/c13-9-4-5-11(12(7-9)15(16)17)14-8-10-3-1-2-6-18-10/h4-5,7,10,14H,1-3,6,8H2. The highest BCUT2D eigenvalue weighted by molar-refractivity contribution is 14.1. The zero-order valence-corrected chi connectivity index (χ0v) is 12.1. The van der Waals surface area contributed by atoms with E-state index in [1.165, 1.54) is 6.42 Å². The summed E-state index contributed by atoms with van der Waals surface area (Å²) in [4.78, 5) is 10.6. The molecule has 2 rings (SSSR count). The number of rotatable bonds is 4. The number of nitro benzene ring substituents is 1. The first-order valence-electron chi connectivity index (χ1n) is 5.96. The van der Waals surface area contributed by atoms with Crippen molar-refractivity contribution in [1.82, 2.24) is 0 Å². The zero-order chi connectivity index (χ0) is 13.0. The van der Waals surface area contributed by atoms with Crippen LogP contribution in [-0.2, 0) is 4.74 Å². The first-order valence-corrected chi connectivity index (χ1v) is 7.04. The maximum absolute atomic E-state index is 11.0. The molecule has 1 fully saturated rings. The summed E-state index contributed by atoms with van der Waals surface area (Å²) >= 11 is 2.07. The number of hydrogen-bond acceptors (Lipinski definition) is 4. The molecule has 1 atom stereocenters. The second-order valence-corrected chi connectivity index (χ2v) is 5.53. The average Bonchev–Trinajstić information content (AvgIpc) is 2.38. The molecule has 0 aliphatic carbocycles. The topological polar surface area (TPSA) is 64.4 Å². The third-order valence-electron chi connectivity index (χ3n) is 2.95. The molecule has 6 heteroatoms. The molecule has 1 aliphatic heterocycles. The molecule has 1 aromatic rings. The van der Waals surface area contributed by atoms with Gasteiger partial charge in [-0.05, 0) is 54.0 Å². The molecule has 1 unspecified atom stereocenters. The lowest BCUT2D eigenvalue weighted by molar-refractivity contribution is -0.384. The lowest BCUT2D eigenvalue weighted by atomic mass is 10.1. The fourth-order valence-electron chi connectivity index (χ4n) is 2.00. The quantitative estimate of drug-likeness (QED) is 0.508. The van der Waals surface area contributed by atoms with E-state index in [1.807, 2.05) is 6.07 Å². The van der Waals surface area contributed by atoms with E-state index in [1.54, 1.807) is 12.1 Å². The molecular formula is C12H15IN2O3. The van der Waals surface area contributed by atoms with Crippen LogP contribution in [0.25, 0.3) is 0 Å². The van der Waals surface area contributed by atoms with Crippen molar-refractivity contribution < 1.29 is 9.66 Å². The summed E-state index contributed by atoms with van der Waals surface area (Å²) < 4.78 is 6.45. The molecule has 0 spiro atoms. The molecule has 0 aromatic heterocycles. The van der Waals surface area contributed by atoms with E-state index < -0.39 is 0 Å². The summed E-state index contributed by atoms with van der Waals surface area (Å²) in [5, 5.41) is 14.1. The third-order valence-corrected chi connectivity index (χ3v) is 3.62. The van der Waals surface area contributed by atoms with Gasteiger partial charge in [-0.25, -0.2) is 0 Å². The zero-order valence-electron chi connectivity index (χ0n) is 9.89. The van der Waals surface area contributed by atoms with Crippen molar-refractivity contribution in [3.8, 4) is 0 Å². The van der Waals surface area contributed by atoms with Crippen LogP contribution in [0.2, 0.25) is 0 Å². The van der Waals surface area contributed by atoms with Gasteiger partial charge in [0.25, 0.3) is 5.69 Å². The minimum absolute atomic E-state index is 0.123. The molecule has 98 valence electrons. The van der Waals surface area contributed by atoms with Crippen LogP contribution in [0.1, 0.15) is 19.3 Å². The molecular weight excluding hydrogens is 347 g/mol. The Bertz CT molecular complexity index is 433. The number of nitro groups is 1. The Kier molecular flexibility index (Phi) is 4.76. The Balaban J connectivity index is 2.01. The van der Waals surface area contributed by atoms with Crippen molar-refractivity contribution >= 4 is 34.0 Å². The van der Waals surface area contributed by atoms with Gasteiger partial charge in [-0.15, -0.1) is 0 Å². The van der Waals surface area contributed by atoms with E-state index in [9.17, 15) is 10.1 Å². The molecule has 0 saturated carbocycles. The third kappa shape index (κ3) is 3.55. The molecule has 5 nitrogen and oxygen atoms in total. The average molecular weight is 362 g/mol. The van der Waals surface area contributed by atoms with Crippen LogP contribution in [-0.4, -0.2) is 24.2 Å². The number of ether oxygens (including phenoxy) is 1. The van der Waals surface area contributed by atoms with Crippen LogP contribution in [0.3, 0.4) is 0 Å². The first kappa shape index (κ1) is 13.5. The minimum Gasteiger partial charge on any atom is -0.377 e. The van der Waals surface area contributed by atoms with Crippen LogP contribution >= 0.6 is 22.6 Å². The summed E-state index contributed by atoms with van der Waals surface area (Å²) in [6, 6.07) is 5.19. The largest absolute Gasteiger partial charge is 0.377 e. The normalized spacial score (nSPS) is 19.5. The maximum Gasteiger partial charge on any atom is 0.293 e. The molecule has 1 heterocycles. The van der Waals surface area contributed by atoms with E-state index in [0.717, 1.165) is 23.0 Å². The van der Waals surface area contributed by atoms with E-state index in [4.69, 9.17) is 4.74 Å². The summed E-state index contributed by atoms with van der Waals surface area (Å²) in [6.07, 6.45) is 3.46. The Hall–Kier alpha value is -0.890. The molecule has 1 aromatic carbocycles. The smallest absolute Gasteiger partial charge is 0.293 e. The van der Waals surface area contributed by atoms with Gasteiger partial charge in [0.05, 0.1) is 11.0 Å². The molecule has 1 aliphatic rings. The molecule has 0 radical (unpaired) electrons. The fourth-order valence-corrected chi connectivity index (χ4v) is 2.47. The predicted octanol–water partition coefficient (Wildman–Crippen LogP) is 3.18. The lowest BCUT2D eigenvalue weighted by Crippen LogP contribution is -2.27. The van der Waals surface area contributed by atoms with E-state index in [0.29, 0.717) is 12.2 Å². The van der Waals surface area contributed by atoms with Gasteiger partial charge in [0.1, 0.15) is 5.69 Å². The van der Waals surface area contributed by atoms with Crippen molar-refractivity contribution in [1.29, 1.82) is 0 Å². The predicted molar refractivity (Wildman–Crippen MR) is 77.9 cm³/mol. The summed E-state index contributed by atoms with van der Waals surface area (Å²) in [7, 11) is 0. The number of nitrogens with one attached hydrogen (secondary N) is 1. The van der Waals surface area contributed by atoms with Gasteiger partial charge < -0.3 is 10.1 Å².